The number of ketones is 1. The lowest BCUT2D eigenvalue weighted by Gasteiger charge is -2.17. The lowest BCUT2D eigenvalue weighted by atomic mass is 10.1. The predicted molar refractivity (Wildman–Crippen MR) is 78.6 cm³/mol. The molecule has 0 unspecified atom stereocenters. The molecule has 2 aromatic rings. The molecule has 5 heteroatoms. The Morgan fingerprint density at radius 2 is 2.00 bits per heavy atom. The molecule has 0 radical (unpaired) electrons. The normalized spacial score (nSPS) is 13.8. The van der Waals surface area contributed by atoms with Crippen LogP contribution in [0.15, 0.2) is 41.0 Å². The van der Waals surface area contributed by atoms with Crippen LogP contribution in [0.5, 0.6) is 0 Å². The molecule has 1 aliphatic rings. The summed E-state index contributed by atoms with van der Waals surface area (Å²) in [7, 11) is 0. The number of Topliss-reactive ketones (excluding diaryl/α,β-unsaturated/α-hetero) is 1. The summed E-state index contributed by atoms with van der Waals surface area (Å²) in [6.07, 6.45) is 1.69. The van der Waals surface area contributed by atoms with Crippen molar-refractivity contribution in [2.24, 2.45) is 0 Å². The monoisotopic (exact) mass is 330 g/mol. The molecule has 0 fully saturated rings. The zero-order valence-corrected chi connectivity index (χ0v) is 12.3. The Balaban J connectivity index is 2.04. The van der Waals surface area contributed by atoms with Crippen molar-refractivity contribution in [3.05, 3.63) is 57.8 Å². The number of nitrogens with zero attached hydrogens (tertiary/aromatic N) is 2. The van der Waals surface area contributed by atoms with Gasteiger partial charge in [-0.1, -0.05) is 12.1 Å². The minimum atomic E-state index is -0.503. The van der Waals surface area contributed by atoms with Crippen LogP contribution in [0.4, 0.5) is 5.69 Å². The van der Waals surface area contributed by atoms with E-state index in [1.165, 1.54) is 4.90 Å². The Bertz CT molecular complexity index is 728. The van der Waals surface area contributed by atoms with Crippen molar-refractivity contribution in [2.75, 3.05) is 4.90 Å². The van der Waals surface area contributed by atoms with Crippen LogP contribution < -0.4 is 4.90 Å². The van der Waals surface area contributed by atoms with Gasteiger partial charge in [0, 0.05) is 10.7 Å². The average Bonchev–Trinajstić information content (AvgIpc) is 2.67. The van der Waals surface area contributed by atoms with Gasteiger partial charge in [-0.25, -0.2) is 0 Å². The van der Waals surface area contributed by atoms with Gasteiger partial charge in [-0.05, 0) is 46.6 Å². The molecular formula is C15H11BrN2O2. The standard InChI is InChI=1S/C15H11BrN2O2/c1-9-4-3-7-17-11(9)8-18-12-6-2-5-10(16)13(12)14(19)15(18)20/h2-7H,8H2,1H3. The molecule has 0 atom stereocenters. The number of amides is 1. The van der Waals surface area contributed by atoms with E-state index >= 15 is 0 Å². The highest BCUT2D eigenvalue weighted by atomic mass is 79.9. The molecule has 2 heterocycles. The van der Waals surface area contributed by atoms with E-state index in [2.05, 4.69) is 20.9 Å². The van der Waals surface area contributed by atoms with E-state index in [0.29, 0.717) is 22.3 Å². The molecule has 3 rings (SSSR count). The van der Waals surface area contributed by atoms with Gasteiger partial charge in [-0.15, -0.1) is 0 Å². The molecule has 1 aromatic heterocycles. The zero-order chi connectivity index (χ0) is 14.3. The summed E-state index contributed by atoms with van der Waals surface area (Å²) in [6.45, 7) is 2.24. The summed E-state index contributed by atoms with van der Waals surface area (Å²) in [6, 6.07) is 9.14. The molecule has 0 bridgehead atoms. The van der Waals surface area contributed by atoms with Crippen LogP contribution in [0.2, 0.25) is 0 Å². The van der Waals surface area contributed by atoms with Crippen molar-refractivity contribution >= 4 is 33.3 Å². The van der Waals surface area contributed by atoms with Crippen LogP contribution in [0.25, 0.3) is 0 Å². The first-order valence-electron chi connectivity index (χ1n) is 6.15. The predicted octanol–water partition coefficient (Wildman–Crippen LogP) is 2.88. The minimum absolute atomic E-state index is 0.306. The van der Waals surface area contributed by atoms with Gasteiger partial charge in [0.05, 0.1) is 23.5 Å². The average molecular weight is 331 g/mol. The maximum atomic E-state index is 12.2. The molecule has 0 saturated carbocycles. The molecule has 0 aliphatic carbocycles. The van der Waals surface area contributed by atoms with Crippen LogP contribution >= 0.6 is 15.9 Å². The lowest BCUT2D eigenvalue weighted by molar-refractivity contribution is -0.114. The van der Waals surface area contributed by atoms with Gasteiger partial charge in [0.15, 0.2) is 0 Å². The van der Waals surface area contributed by atoms with E-state index in [1.807, 2.05) is 25.1 Å². The third kappa shape index (κ3) is 1.94. The number of carbonyl (C=O) groups is 2. The molecule has 0 saturated heterocycles. The highest BCUT2D eigenvalue weighted by Crippen LogP contribution is 2.35. The summed E-state index contributed by atoms with van der Waals surface area (Å²) in [4.78, 5) is 30.0. The maximum Gasteiger partial charge on any atom is 0.299 e. The third-order valence-corrected chi connectivity index (χ3v) is 4.04. The molecule has 20 heavy (non-hydrogen) atoms. The van der Waals surface area contributed by atoms with Crippen LogP contribution in [0.1, 0.15) is 21.6 Å². The van der Waals surface area contributed by atoms with Crippen LogP contribution in [-0.4, -0.2) is 16.7 Å². The maximum absolute atomic E-state index is 12.2. The quantitative estimate of drug-likeness (QED) is 0.795. The largest absolute Gasteiger partial charge is 0.299 e. The zero-order valence-electron chi connectivity index (χ0n) is 10.8. The lowest BCUT2D eigenvalue weighted by Crippen LogP contribution is -2.29. The summed E-state index contributed by atoms with van der Waals surface area (Å²) in [5, 5.41) is 0. The molecule has 1 aliphatic heterocycles. The number of rotatable bonds is 2. The number of hydrogen-bond acceptors (Lipinski definition) is 3. The van der Waals surface area contributed by atoms with Crippen LogP contribution in [0.3, 0.4) is 0 Å². The third-order valence-electron chi connectivity index (χ3n) is 3.37. The number of benzene rings is 1. The summed E-state index contributed by atoms with van der Waals surface area (Å²) < 4.78 is 0.647. The van der Waals surface area contributed by atoms with Gasteiger partial charge in [0.25, 0.3) is 11.7 Å². The van der Waals surface area contributed by atoms with E-state index < -0.39 is 11.7 Å². The second-order valence-electron chi connectivity index (χ2n) is 4.62. The molecule has 1 aromatic carbocycles. The van der Waals surface area contributed by atoms with Crippen molar-refractivity contribution < 1.29 is 9.59 Å². The topological polar surface area (TPSA) is 50.3 Å². The molecule has 100 valence electrons. The van der Waals surface area contributed by atoms with Crippen molar-refractivity contribution in [2.45, 2.75) is 13.5 Å². The Labute approximate surface area is 124 Å². The molecule has 1 amide bonds. The fraction of sp³-hybridized carbons (Fsp3) is 0.133. The van der Waals surface area contributed by atoms with Crippen molar-refractivity contribution in [3.8, 4) is 0 Å². The van der Waals surface area contributed by atoms with Gasteiger partial charge < -0.3 is 0 Å². The van der Waals surface area contributed by atoms with E-state index in [1.54, 1.807) is 18.3 Å². The Kier molecular flexibility index (Phi) is 3.14. The second-order valence-corrected chi connectivity index (χ2v) is 5.48. The highest BCUT2D eigenvalue weighted by molar-refractivity contribution is 9.10. The van der Waals surface area contributed by atoms with E-state index in [4.69, 9.17) is 0 Å². The van der Waals surface area contributed by atoms with Crippen molar-refractivity contribution in [3.63, 3.8) is 0 Å². The van der Waals surface area contributed by atoms with Gasteiger partial charge in [-0.3, -0.25) is 19.5 Å². The molecular weight excluding hydrogens is 320 g/mol. The SMILES string of the molecule is Cc1cccnc1CN1C(=O)C(=O)c2c(Br)cccc21. The number of carbonyl (C=O) groups excluding carboxylic acids is 2. The summed E-state index contributed by atoms with van der Waals surface area (Å²) >= 11 is 3.33. The highest BCUT2D eigenvalue weighted by Gasteiger charge is 2.37. The number of pyridine rings is 1. The van der Waals surface area contributed by atoms with Gasteiger partial charge in [0.1, 0.15) is 0 Å². The first-order valence-corrected chi connectivity index (χ1v) is 6.94. The van der Waals surface area contributed by atoms with Crippen molar-refractivity contribution in [1.82, 2.24) is 4.98 Å². The molecule has 0 spiro atoms. The van der Waals surface area contributed by atoms with E-state index in [-0.39, 0.29) is 0 Å². The number of fused-ring (bicyclic) bond motifs is 1. The fourth-order valence-electron chi connectivity index (χ4n) is 2.29. The fourth-order valence-corrected chi connectivity index (χ4v) is 2.83. The number of anilines is 1. The van der Waals surface area contributed by atoms with Crippen molar-refractivity contribution in [1.29, 1.82) is 0 Å². The molecule has 0 N–H and O–H groups in total. The van der Waals surface area contributed by atoms with Crippen LogP contribution in [0, 0.1) is 6.92 Å². The van der Waals surface area contributed by atoms with Gasteiger partial charge >= 0.3 is 0 Å². The molecule has 4 nitrogen and oxygen atoms in total. The Morgan fingerprint density at radius 3 is 2.75 bits per heavy atom. The van der Waals surface area contributed by atoms with Gasteiger partial charge in [0.2, 0.25) is 0 Å². The second kappa shape index (κ2) is 4.83. The number of aromatic nitrogens is 1. The van der Waals surface area contributed by atoms with E-state index in [9.17, 15) is 9.59 Å². The number of aryl methyl sites for hydroxylation is 1. The Hall–Kier alpha value is -2.01. The summed E-state index contributed by atoms with van der Waals surface area (Å²) in [5.74, 6) is -0.974. The first-order chi connectivity index (χ1) is 9.59. The first kappa shape index (κ1) is 13.0. The number of hydrogen-bond donors (Lipinski definition) is 0. The van der Waals surface area contributed by atoms with Crippen LogP contribution in [-0.2, 0) is 11.3 Å². The smallest absolute Gasteiger partial charge is 0.299 e. The van der Waals surface area contributed by atoms with Gasteiger partial charge in [-0.2, -0.15) is 0 Å². The Morgan fingerprint density at radius 1 is 1.20 bits per heavy atom. The number of halogens is 1. The minimum Gasteiger partial charge on any atom is -0.299 e. The van der Waals surface area contributed by atoms with E-state index in [0.717, 1.165) is 11.3 Å². The summed E-state index contributed by atoms with van der Waals surface area (Å²) in [5.41, 5.74) is 2.86.